The van der Waals surface area contributed by atoms with Gasteiger partial charge in [0.05, 0.1) is 25.4 Å². The molecule has 24 heavy (non-hydrogen) atoms. The van der Waals surface area contributed by atoms with E-state index in [0.29, 0.717) is 26.4 Å². The van der Waals surface area contributed by atoms with Crippen molar-refractivity contribution in [1.29, 1.82) is 0 Å². The van der Waals surface area contributed by atoms with E-state index in [2.05, 4.69) is 11.7 Å². The standard InChI is InChI=1S/C9H18O4.C8H16O3/c1-7(11-4)5-12-8(2)6-13-9(3)10;1-3-4-5-10-6-7-11-8(2)9/h7-8H,5-6H2,1-4H3;3-7H2,1-2H3. The lowest BCUT2D eigenvalue weighted by atomic mass is 10.4. The van der Waals surface area contributed by atoms with Gasteiger partial charge < -0.3 is 23.7 Å². The lowest BCUT2D eigenvalue weighted by Crippen LogP contribution is -2.23. The zero-order chi connectivity index (χ0) is 18.8. The molecular formula is C17H34O7. The Morgan fingerprint density at radius 1 is 0.875 bits per heavy atom. The van der Waals surface area contributed by atoms with E-state index in [-0.39, 0.29) is 24.1 Å². The Kier molecular flexibility index (Phi) is 19.0. The fraction of sp³-hybridized carbons (Fsp3) is 0.882. The normalized spacial score (nSPS) is 12.6. The summed E-state index contributed by atoms with van der Waals surface area (Å²) < 4.78 is 24.9. The lowest BCUT2D eigenvalue weighted by molar-refractivity contribution is -0.145. The predicted octanol–water partition coefficient (Wildman–Crippen LogP) is 2.36. The largest absolute Gasteiger partial charge is 0.463 e. The first-order valence-electron chi connectivity index (χ1n) is 8.32. The molecule has 0 bridgehead atoms. The average molecular weight is 350 g/mol. The summed E-state index contributed by atoms with van der Waals surface area (Å²) >= 11 is 0. The molecule has 7 heteroatoms. The molecule has 2 atom stereocenters. The number of hydrogen-bond acceptors (Lipinski definition) is 7. The summed E-state index contributed by atoms with van der Waals surface area (Å²) in [5, 5.41) is 0. The summed E-state index contributed by atoms with van der Waals surface area (Å²) in [6.07, 6.45) is 2.19. The molecule has 144 valence electrons. The smallest absolute Gasteiger partial charge is 0.302 e. The minimum Gasteiger partial charge on any atom is -0.463 e. The Morgan fingerprint density at radius 3 is 2.00 bits per heavy atom. The molecule has 0 aliphatic rings. The van der Waals surface area contributed by atoms with Crippen molar-refractivity contribution in [2.24, 2.45) is 0 Å². The van der Waals surface area contributed by atoms with Crippen molar-refractivity contribution in [1.82, 2.24) is 0 Å². The van der Waals surface area contributed by atoms with E-state index in [4.69, 9.17) is 18.9 Å². The number of methoxy groups -OCH3 is 1. The maximum Gasteiger partial charge on any atom is 0.302 e. The molecule has 0 aromatic carbocycles. The minimum absolute atomic E-state index is 0.0692. The molecule has 0 N–H and O–H groups in total. The summed E-state index contributed by atoms with van der Waals surface area (Å²) in [6.45, 7) is 11.1. The number of hydrogen-bond donors (Lipinski definition) is 0. The summed E-state index contributed by atoms with van der Waals surface area (Å²) in [5.41, 5.74) is 0. The lowest BCUT2D eigenvalue weighted by Gasteiger charge is -2.15. The van der Waals surface area contributed by atoms with Gasteiger partial charge in [0.1, 0.15) is 13.2 Å². The molecule has 0 radical (unpaired) electrons. The number of carbonyl (C=O) groups is 2. The summed E-state index contributed by atoms with van der Waals surface area (Å²) in [4.78, 5) is 20.7. The highest BCUT2D eigenvalue weighted by molar-refractivity contribution is 5.66. The molecule has 0 fully saturated rings. The number of ether oxygens (including phenoxy) is 5. The van der Waals surface area contributed by atoms with E-state index in [1.807, 2.05) is 13.8 Å². The van der Waals surface area contributed by atoms with Crippen LogP contribution in [0.25, 0.3) is 0 Å². The van der Waals surface area contributed by atoms with E-state index < -0.39 is 0 Å². The highest BCUT2D eigenvalue weighted by atomic mass is 16.6. The van der Waals surface area contributed by atoms with Crippen molar-refractivity contribution in [3.8, 4) is 0 Å². The maximum atomic E-state index is 10.4. The SMILES string of the molecule is CCCCOCCOC(C)=O.COC(C)COC(C)COC(C)=O. The Hall–Kier alpha value is -1.18. The number of esters is 2. The van der Waals surface area contributed by atoms with Gasteiger partial charge in [0, 0.05) is 27.6 Å². The van der Waals surface area contributed by atoms with Crippen LogP contribution in [-0.4, -0.2) is 64.3 Å². The van der Waals surface area contributed by atoms with Gasteiger partial charge >= 0.3 is 11.9 Å². The van der Waals surface area contributed by atoms with Crippen LogP contribution < -0.4 is 0 Å². The van der Waals surface area contributed by atoms with Crippen molar-refractivity contribution in [3.63, 3.8) is 0 Å². The van der Waals surface area contributed by atoms with Gasteiger partial charge in [0.25, 0.3) is 0 Å². The summed E-state index contributed by atoms with van der Waals surface area (Å²) in [5.74, 6) is -0.528. The van der Waals surface area contributed by atoms with Gasteiger partial charge in [-0.1, -0.05) is 13.3 Å². The second kappa shape index (κ2) is 18.2. The molecule has 0 rings (SSSR count). The first-order chi connectivity index (χ1) is 11.3. The van der Waals surface area contributed by atoms with E-state index in [1.165, 1.54) is 13.8 Å². The molecule has 0 saturated carbocycles. The van der Waals surface area contributed by atoms with Crippen LogP contribution in [0.5, 0.6) is 0 Å². The molecule has 0 heterocycles. The van der Waals surface area contributed by atoms with E-state index >= 15 is 0 Å². The quantitative estimate of drug-likeness (QED) is 0.395. The van der Waals surface area contributed by atoms with Crippen molar-refractivity contribution >= 4 is 11.9 Å². The third-order valence-corrected chi connectivity index (χ3v) is 2.71. The molecule has 0 saturated heterocycles. The van der Waals surface area contributed by atoms with E-state index in [0.717, 1.165) is 19.4 Å². The Morgan fingerprint density at radius 2 is 1.50 bits per heavy atom. The molecule has 0 spiro atoms. The molecule has 0 aromatic heterocycles. The van der Waals surface area contributed by atoms with Crippen LogP contribution >= 0.6 is 0 Å². The fourth-order valence-corrected chi connectivity index (χ4v) is 1.24. The van der Waals surface area contributed by atoms with Crippen molar-refractivity contribution in [2.75, 3.05) is 40.1 Å². The molecule has 7 nitrogen and oxygen atoms in total. The molecule has 0 amide bonds. The third kappa shape index (κ3) is 23.1. The third-order valence-electron chi connectivity index (χ3n) is 2.71. The number of rotatable bonds is 12. The fourth-order valence-electron chi connectivity index (χ4n) is 1.24. The molecule has 0 aliphatic heterocycles. The van der Waals surface area contributed by atoms with Crippen molar-refractivity contribution in [2.45, 2.75) is 59.7 Å². The van der Waals surface area contributed by atoms with Crippen LogP contribution in [0.2, 0.25) is 0 Å². The predicted molar refractivity (Wildman–Crippen MR) is 90.9 cm³/mol. The van der Waals surface area contributed by atoms with Gasteiger partial charge in [-0.05, 0) is 20.3 Å². The second-order valence-electron chi connectivity index (χ2n) is 5.30. The first-order valence-corrected chi connectivity index (χ1v) is 8.32. The first kappa shape index (κ1) is 25.1. The Labute approximate surface area is 145 Å². The minimum atomic E-state index is -0.282. The van der Waals surface area contributed by atoms with Crippen LogP contribution in [-0.2, 0) is 33.3 Å². The summed E-state index contributed by atoms with van der Waals surface area (Å²) in [6, 6.07) is 0. The van der Waals surface area contributed by atoms with Gasteiger partial charge in [-0.25, -0.2) is 0 Å². The number of unbranched alkanes of at least 4 members (excludes halogenated alkanes) is 1. The molecule has 2 unspecified atom stereocenters. The van der Waals surface area contributed by atoms with Gasteiger partial charge in [0.15, 0.2) is 0 Å². The van der Waals surface area contributed by atoms with Crippen LogP contribution in [0.4, 0.5) is 0 Å². The van der Waals surface area contributed by atoms with Crippen LogP contribution in [0.15, 0.2) is 0 Å². The zero-order valence-corrected chi connectivity index (χ0v) is 16.0. The van der Waals surface area contributed by atoms with E-state index in [1.54, 1.807) is 7.11 Å². The number of carbonyl (C=O) groups excluding carboxylic acids is 2. The summed E-state index contributed by atoms with van der Waals surface area (Å²) in [7, 11) is 1.63. The van der Waals surface area contributed by atoms with Crippen molar-refractivity contribution < 1.29 is 33.3 Å². The average Bonchev–Trinajstić information content (AvgIpc) is 2.54. The van der Waals surface area contributed by atoms with Gasteiger partial charge in [0.2, 0.25) is 0 Å². The van der Waals surface area contributed by atoms with Gasteiger partial charge in [-0.3, -0.25) is 9.59 Å². The van der Waals surface area contributed by atoms with E-state index in [9.17, 15) is 9.59 Å². The van der Waals surface area contributed by atoms with Crippen LogP contribution in [0.3, 0.4) is 0 Å². The molecule has 0 aliphatic carbocycles. The highest BCUT2D eigenvalue weighted by Crippen LogP contribution is 1.96. The van der Waals surface area contributed by atoms with Crippen molar-refractivity contribution in [3.05, 3.63) is 0 Å². The Balaban J connectivity index is 0. The maximum absolute atomic E-state index is 10.4. The monoisotopic (exact) mass is 350 g/mol. The van der Waals surface area contributed by atoms with Crippen LogP contribution in [0, 0.1) is 0 Å². The highest BCUT2D eigenvalue weighted by Gasteiger charge is 2.06. The topological polar surface area (TPSA) is 80.3 Å². The van der Waals surface area contributed by atoms with Gasteiger partial charge in [-0.15, -0.1) is 0 Å². The Bertz CT molecular complexity index is 307. The van der Waals surface area contributed by atoms with Gasteiger partial charge in [-0.2, -0.15) is 0 Å². The van der Waals surface area contributed by atoms with Crippen LogP contribution in [0.1, 0.15) is 47.5 Å². The molecule has 0 aromatic rings. The zero-order valence-electron chi connectivity index (χ0n) is 16.0. The second-order valence-corrected chi connectivity index (χ2v) is 5.30. The molecular weight excluding hydrogens is 316 g/mol.